The minimum absolute atomic E-state index is 0.0112. The zero-order chi connectivity index (χ0) is 22.6. The zero-order valence-corrected chi connectivity index (χ0v) is 17.6. The normalized spacial score (nSPS) is 11.0. The number of hydrogen-bond donors (Lipinski definition) is 2. The first kappa shape index (κ1) is 22.9. The largest absolute Gasteiger partial charge is 0.383 e. The van der Waals surface area contributed by atoms with Gasteiger partial charge in [0.15, 0.2) is 5.69 Å². The van der Waals surface area contributed by atoms with E-state index < -0.39 is 22.1 Å². The molecular weight excluding hydrogens is 390 g/mol. The van der Waals surface area contributed by atoms with E-state index in [0.717, 1.165) is 6.42 Å². The maximum absolute atomic E-state index is 13.3. The summed E-state index contributed by atoms with van der Waals surface area (Å²) in [4.78, 5) is 52.1. The van der Waals surface area contributed by atoms with Crippen LogP contribution >= 0.6 is 0 Å². The number of amides is 1. The third-order valence-electron chi connectivity index (χ3n) is 4.65. The van der Waals surface area contributed by atoms with Crippen molar-refractivity contribution in [1.82, 2.24) is 9.55 Å². The fraction of sp³-hybridized carbons (Fsp3) is 0.450. The first-order valence-electron chi connectivity index (χ1n) is 9.77. The van der Waals surface area contributed by atoms with Gasteiger partial charge < -0.3 is 10.6 Å². The van der Waals surface area contributed by atoms with Crippen molar-refractivity contribution in [2.45, 2.75) is 47.1 Å². The van der Waals surface area contributed by atoms with E-state index in [2.05, 4.69) is 4.98 Å². The van der Waals surface area contributed by atoms with E-state index in [1.165, 1.54) is 34.6 Å². The Morgan fingerprint density at radius 2 is 2.00 bits per heavy atom. The van der Waals surface area contributed by atoms with Crippen LogP contribution in [-0.2, 0) is 6.54 Å². The van der Waals surface area contributed by atoms with E-state index in [-0.39, 0.29) is 35.2 Å². The summed E-state index contributed by atoms with van der Waals surface area (Å²) in [7, 11) is 0. The Morgan fingerprint density at radius 1 is 1.33 bits per heavy atom. The molecule has 0 aliphatic rings. The van der Waals surface area contributed by atoms with Gasteiger partial charge in [0.1, 0.15) is 5.82 Å². The number of rotatable bonds is 8. The Morgan fingerprint density at radius 3 is 2.53 bits per heavy atom. The average molecular weight is 417 g/mol. The molecule has 1 aromatic heterocycles. The van der Waals surface area contributed by atoms with Gasteiger partial charge in [0.05, 0.1) is 4.92 Å². The molecule has 10 nitrogen and oxygen atoms in total. The van der Waals surface area contributed by atoms with Crippen LogP contribution in [0.1, 0.15) is 49.5 Å². The van der Waals surface area contributed by atoms with Gasteiger partial charge in [-0.05, 0) is 31.4 Å². The Labute approximate surface area is 173 Å². The Bertz CT molecular complexity index is 1070. The summed E-state index contributed by atoms with van der Waals surface area (Å²) >= 11 is 0. The topological polar surface area (TPSA) is 144 Å². The number of aromatic nitrogens is 2. The number of carbonyl (C=O) groups excluding carboxylic acids is 1. The number of nitro groups is 1. The number of H-pyrrole nitrogens is 1. The molecule has 0 radical (unpaired) electrons. The summed E-state index contributed by atoms with van der Waals surface area (Å²) in [5, 5.41) is 11.1. The quantitative estimate of drug-likeness (QED) is 0.498. The molecular formula is C20H27N5O5. The Hall–Kier alpha value is -3.43. The van der Waals surface area contributed by atoms with Crippen molar-refractivity contribution in [3.63, 3.8) is 0 Å². The van der Waals surface area contributed by atoms with Gasteiger partial charge in [-0.2, -0.15) is 0 Å². The highest BCUT2D eigenvalue weighted by molar-refractivity contribution is 6.07. The van der Waals surface area contributed by atoms with Gasteiger partial charge in [-0.3, -0.25) is 29.3 Å². The third kappa shape index (κ3) is 4.76. The molecule has 2 rings (SSSR count). The van der Waals surface area contributed by atoms with Crippen LogP contribution in [0.3, 0.4) is 0 Å². The van der Waals surface area contributed by atoms with Gasteiger partial charge in [0.25, 0.3) is 17.2 Å². The number of unbranched alkanes of at least 4 members (excludes halogenated alkanes) is 1. The first-order chi connectivity index (χ1) is 14.1. The van der Waals surface area contributed by atoms with Gasteiger partial charge in [-0.1, -0.05) is 27.2 Å². The molecule has 0 bridgehead atoms. The van der Waals surface area contributed by atoms with Crippen LogP contribution in [-0.4, -0.2) is 26.9 Å². The minimum Gasteiger partial charge on any atom is -0.383 e. The smallest absolute Gasteiger partial charge is 0.330 e. The number of anilines is 2. The summed E-state index contributed by atoms with van der Waals surface area (Å²) < 4.78 is 1.25. The average Bonchev–Trinajstić information content (AvgIpc) is 2.65. The molecule has 1 aromatic carbocycles. The molecule has 162 valence electrons. The molecule has 0 aliphatic heterocycles. The van der Waals surface area contributed by atoms with Gasteiger partial charge >= 0.3 is 5.69 Å². The van der Waals surface area contributed by atoms with E-state index in [0.29, 0.717) is 18.5 Å². The summed E-state index contributed by atoms with van der Waals surface area (Å²) in [6.07, 6.45) is 1.49. The maximum Gasteiger partial charge on any atom is 0.330 e. The van der Waals surface area contributed by atoms with Crippen LogP contribution in [0.25, 0.3) is 0 Å². The number of aryl methyl sites for hydroxylation is 1. The molecule has 1 amide bonds. The number of nitrogens with one attached hydrogen (secondary N) is 1. The second kappa shape index (κ2) is 9.38. The van der Waals surface area contributed by atoms with E-state index in [1.54, 1.807) is 0 Å². The lowest BCUT2D eigenvalue weighted by Crippen LogP contribution is -2.42. The van der Waals surface area contributed by atoms with E-state index >= 15 is 0 Å². The Kier molecular flexibility index (Phi) is 7.14. The second-order valence-electron chi connectivity index (χ2n) is 7.57. The highest BCUT2D eigenvalue weighted by Gasteiger charge is 2.27. The molecule has 10 heteroatoms. The molecule has 30 heavy (non-hydrogen) atoms. The molecule has 2 aromatic rings. The lowest BCUT2D eigenvalue weighted by molar-refractivity contribution is -0.385. The van der Waals surface area contributed by atoms with Crippen molar-refractivity contribution in [1.29, 1.82) is 0 Å². The van der Waals surface area contributed by atoms with Crippen LogP contribution in [0.5, 0.6) is 0 Å². The van der Waals surface area contributed by atoms with E-state index in [4.69, 9.17) is 5.73 Å². The van der Waals surface area contributed by atoms with Crippen molar-refractivity contribution in [2.24, 2.45) is 5.92 Å². The summed E-state index contributed by atoms with van der Waals surface area (Å²) in [6.45, 7) is 7.73. The highest BCUT2D eigenvalue weighted by Crippen LogP contribution is 2.24. The van der Waals surface area contributed by atoms with Crippen LogP contribution in [0.15, 0.2) is 27.8 Å². The lowest BCUT2D eigenvalue weighted by Gasteiger charge is -2.26. The molecule has 0 fully saturated rings. The molecule has 0 saturated carbocycles. The van der Waals surface area contributed by atoms with Gasteiger partial charge in [-0.25, -0.2) is 4.79 Å². The lowest BCUT2D eigenvalue weighted by atomic mass is 10.1. The van der Waals surface area contributed by atoms with Crippen LogP contribution in [0.2, 0.25) is 0 Å². The molecule has 0 atom stereocenters. The predicted octanol–water partition coefficient (Wildman–Crippen LogP) is 2.44. The van der Waals surface area contributed by atoms with Crippen molar-refractivity contribution in [3.05, 3.63) is 60.3 Å². The first-order valence-corrected chi connectivity index (χ1v) is 9.77. The molecule has 0 spiro atoms. The van der Waals surface area contributed by atoms with Crippen molar-refractivity contribution in [2.75, 3.05) is 17.2 Å². The van der Waals surface area contributed by atoms with Gasteiger partial charge in [-0.15, -0.1) is 0 Å². The number of nitro benzene ring substituents is 1. The molecule has 0 saturated heterocycles. The number of nitrogens with zero attached hydrogens (tertiary/aromatic N) is 3. The van der Waals surface area contributed by atoms with E-state index in [9.17, 15) is 24.5 Å². The molecule has 1 heterocycles. The van der Waals surface area contributed by atoms with E-state index in [1.807, 2.05) is 20.8 Å². The number of benzene rings is 1. The SMILES string of the molecule is CCCCn1c(N)c(N(CC(C)C)C(=O)c2ccc([N+](=O)[O-])c(C)c2)c(=O)[nH]c1=O. The summed E-state index contributed by atoms with van der Waals surface area (Å²) in [6, 6.07) is 4.01. The van der Waals surface area contributed by atoms with Crippen molar-refractivity contribution >= 4 is 23.1 Å². The minimum atomic E-state index is -0.752. The monoisotopic (exact) mass is 417 g/mol. The summed E-state index contributed by atoms with van der Waals surface area (Å²) in [5.41, 5.74) is 5.10. The second-order valence-corrected chi connectivity index (χ2v) is 7.57. The molecule has 0 aliphatic carbocycles. The highest BCUT2D eigenvalue weighted by atomic mass is 16.6. The predicted molar refractivity (Wildman–Crippen MR) is 115 cm³/mol. The third-order valence-corrected chi connectivity index (χ3v) is 4.65. The van der Waals surface area contributed by atoms with Gasteiger partial charge in [0.2, 0.25) is 0 Å². The fourth-order valence-electron chi connectivity index (χ4n) is 3.17. The number of carbonyl (C=O) groups is 1. The number of nitrogens with two attached hydrogens (primary N) is 1. The Balaban J connectivity index is 2.62. The van der Waals surface area contributed by atoms with Crippen LogP contribution in [0.4, 0.5) is 17.2 Å². The number of aromatic amines is 1. The van der Waals surface area contributed by atoms with Crippen molar-refractivity contribution < 1.29 is 9.72 Å². The van der Waals surface area contributed by atoms with Crippen LogP contribution in [0, 0.1) is 23.0 Å². The maximum atomic E-state index is 13.3. The zero-order valence-electron chi connectivity index (χ0n) is 17.6. The van der Waals surface area contributed by atoms with Crippen LogP contribution < -0.4 is 21.9 Å². The standard InChI is InChI=1S/C20H27N5O5/c1-5-6-9-23-17(21)16(18(26)22-20(23)28)24(11-12(2)3)19(27)14-7-8-15(25(29)30)13(4)10-14/h7-8,10,12H,5-6,9,11,21H2,1-4H3,(H,22,26,28). The van der Waals surface area contributed by atoms with Gasteiger partial charge in [0, 0.05) is 30.3 Å². The molecule has 0 unspecified atom stereocenters. The number of nitrogen functional groups attached to an aromatic ring is 1. The fourth-order valence-corrected chi connectivity index (χ4v) is 3.17. The number of hydrogen-bond acceptors (Lipinski definition) is 6. The molecule has 3 N–H and O–H groups in total. The summed E-state index contributed by atoms with van der Waals surface area (Å²) in [5.74, 6) is -0.618. The van der Waals surface area contributed by atoms with Crippen molar-refractivity contribution in [3.8, 4) is 0 Å².